The van der Waals surface area contributed by atoms with Gasteiger partial charge >= 0.3 is 5.97 Å². The van der Waals surface area contributed by atoms with Gasteiger partial charge in [0.1, 0.15) is 0 Å². The van der Waals surface area contributed by atoms with E-state index in [4.69, 9.17) is 5.11 Å². The van der Waals surface area contributed by atoms with Gasteiger partial charge in [-0.1, -0.05) is 6.08 Å². The molecule has 0 aromatic rings. The molecular weight excluding hydrogens is 206 g/mol. The number of aliphatic carboxylic acids is 1. The SMILES string of the molecule is CC(=CCN1CCCC(C)(O)CC1)C(=O)O. The van der Waals surface area contributed by atoms with Crippen LogP contribution in [0.25, 0.3) is 0 Å². The molecule has 4 nitrogen and oxygen atoms in total. The van der Waals surface area contributed by atoms with Crippen molar-refractivity contribution in [1.82, 2.24) is 4.90 Å². The lowest BCUT2D eigenvalue weighted by molar-refractivity contribution is -0.132. The van der Waals surface area contributed by atoms with E-state index in [9.17, 15) is 9.90 Å². The van der Waals surface area contributed by atoms with E-state index in [2.05, 4.69) is 4.90 Å². The maximum Gasteiger partial charge on any atom is 0.330 e. The van der Waals surface area contributed by atoms with Crippen molar-refractivity contribution in [2.45, 2.75) is 38.7 Å². The van der Waals surface area contributed by atoms with Crippen LogP contribution in [0.2, 0.25) is 0 Å². The highest BCUT2D eigenvalue weighted by atomic mass is 16.4. The summed E-state index contributed by atoms with van der Waals surface area (Å²) in [6.07, 6.45) is 4.29. The number of hydrogen-bond acceptors (Lipinski definition) is 3. The summed E-state index contributed by atoms with van der Waals surface area (Å²) in [5.74, 6) is -0.859. The Labute approximate surface area is 96.6 Å². The molecule has 1 rings (SSSR count). The summed E-state index contributed by atoms with van der Waals surface area (Å²) in [6.45, 7) is 5.90. The van der Waals surface area contributed by atoms with Crippen molar-refractivity contribution >= 4 is 5.97 Å². The van der Waals surface area contributed by atoms with Crippen LogP contribution in [0.1, 0.15) is 33.1 Å². The van der Waals surface area contributed by atoms with Gasteiger partial charge in [0.2, 0.25) is 0 Å². The highest BCUT2D eigenvalue weighted by molar-refractivity contribution is 5.85. The molecule has 0 radical (unpaired) electrons. The van der Waals surface area contributed by atoms with E-state index < -0.39 is 11.6 Å². The van der Waals surface area contributed by atoms with Crippen molar-refractivity contribution in [3.8, 4) is 0 Å². The monoisotopic (exact) mass is 227 g/mol. The number of aliphatic hydroxyl groups is 1. The van der Waals surface area contributed by atoms with Gasteiger partial charge in [-0.15, -0.1) is 0 Å². The molecule has 0 aromatic carbocycles. The Morgan fingerprint density at radius 3 is 2.75 bits per heavy atom. The number of nitrogens with zero attached hydrogens (tertiary/aromatic N) is 1. The standard InChI is InChI=1S/C12H21NO3/c1-10(11(14)15)4-8-13-7-3-5-12(2,16)6-9-13/h4,16H,3,5-9H2,1-2H3,(H,14,15). The van der Waals surface area contributed by atoms with Gasteiger partial charge in [0.15, 0.2) is 0 Å². The van der Waals surface area contributed by atoms with Crippen LogP contribution in [-0.2, 0) is 4.79 Å². The van der Waals surface area contributed by atoms with E-state index in [-0.39, 0.29) is 0 Å². The van der Waals surface area contributed by atoms with Crippen LogP contribution in [0.3, 0.4) is 0 Å². The van der Waals surface area contributed by atoms with Gasteiger partial charge in [0.05, 0.1) is 5.60 Å². The highest BCUT2D eigenvalue weighted by Gasteiger charge is 2.24. The fourth-order valence-electron chi connectivity index (χ4n) is 1.86. The third-order valence-electron chi connectivity index (χ3n) is 3.15. The molecule has 1 heterocycles. The van der Waals surface area contributed by atoms with E-state index in [1.165, 1.54) is 0 Å². The molecule has 0 aromatic heterocycles. The molecule has 0 bridgehead atoms. The molecular formula is C12H21NO3. The summed E-state index contributed by atoms with van der Waals surface area (Å²) < 4.78 is 0. The lowest BCUT2D eigenvalue weighted by Gasteiger charge is -2.21. The number of rotatable bonds is 3. The van der Waals surface area contributed by atoms with Crippen LogP contribution in [0, 0.1) is 0 Å². The Bertz CT molecular complexity index is 284. The van der Waals surface area contributed by atoms with Crippen LogP contribution < -0.4 is 0 Å². The molecule has 0 aliphatic carbocycles. The Kier molecular flexibility index (Phi) is 4.50. The van der Waals surface area contributed by atoms with Gasteiger partial charge in [-0.05, 0) is 39.7 Å². The van der Waals surface area contributed by atoms with Crippen molar-refractivity contribution in [2.75, 3.05) is 19.6 Å². The quantitative estimate of drug-likeness (QED) is 0.712. The molecule has 1 fully saturated rings. The Balaban J connectivity index is 2.45. The summed E-state index contributed by atoms with van der Waals surface area (Å²) in [5.41, 5.74) is -0.170. The first-order chi connectivity index (χ1) is 7.41. The smallest absolute Gasteiger partial charge is 0.330 e. The Morgan fingerprint density at radius 1 is 1.44 bits per heavy atom. The largest absolute Gasteiger partial charge is 0.478 e. The third-order valence-corrected chi connectivity index (χ3v) is 3.15. The molecule has 0 spiro atoms. The van der Waals surface area contributed by atoms with Crippen LogP contribution in [0.4, 0.5) is 0 Å². The molecule has 1 saturated heterocycles. The summed E-state index contributed by atoms with van der Waals surface area (Å²) in [5, 5.41) is 18.6. The van der Waals surface area contributed by atoms with E-state index in [1.54, 1.807) is 13.0 Å². The minimum atomic E-state index is -0.859. The van der Waals surface area contributed by atoms with E-state index in [1.807, 2.05) is 6.92 Å². The van der Waals surface area contributed by atoms with Crippen LogP contribution in [0.5, 0.6) is 0 Å². The van der Waals surface area contributed by atoms with E-state index >= 15 is 0 Å². The number of carbonyl (C=O) groups is 1. The second kappa shape index (κ2) is 5.46. The minimum Gasteiger partial charge on any atom is -0.478 e. The molecule has 0 amide bonds. The van der Waals surface area contributed by atoms with Gasteiger partial charge < -0.3 is 10.2 Å². The summed E-state index contributed by atoms with van der Waals surface area (Å²) in [7, 11) is 0. The lowest BCUT2D eigenvalue weighted by atomic mass is 9.98. The van der Waals surface area contributed by atoms with Crippen LogP contribution in [-0.4, -0.2) is 46.3 Å². The lowest BCUT2D eigenvalue weighted by Crippen LogP contribution is -2.28. The average Bonchev–Trinajstić information content (AvgIpc) is 2.36. The predicted molar refractivity (Wildman–Crippen MR) is 62.3 cm³/mol. The molecule has 1 unspecified atom stereocenters. The highest BCUT2D eigenvalue weighted by Crippen LogP contribution is 2.21. The molecule has 92 valence electrons. The first kappa shape index (κ1) is 13.2. The van der Waals surface area contributed by atoms with Gasteiger partial charge in [-0.3, -0.25) is 4.90 Å². The maximum atomic E-state index is 10.6. The Morgan fingerprint density at radius 2 is 2.12 bits per heavy atom. The third kappa shape index (κ3) is 4.33. The molecule has 4 heteroatoms. The van der Waals surface area contributed by atoms with Crippen molar-refractivity contribution in [3.63, 3.8) is 0 Å². The molecule has 1 aliphatic rings. The second-order valence-electron chi connectivity index (χ2n) is 4.84. The van der Waals surface area contributed by atoms with Gasteiger partial charge in [0.25, 0.3) is 0 Å². The van der Waals surface area contributed by atoms with Crippen LogP contribution in [0.15, 0.2) is 11.6 Å². The van der Waals surface area contributed by atoms with Gasteiger partial charge in [0, 0.05) is 18.7 Å². The van der Waals surface area contributed by atoms with Crippen molar-refractivity contribution in [1.29, 1.82) is 0 Å². The zero-order valence-electron chi connectivity index (χ0n) is 10.1. The number of carboxylic acids is 1. The zero-order chi connectivity index (χ0) is 12.2. The summed E-state index contributed by atoms with van der Waals surface area (Å²) in [4.78, 5) is 12.8. The average molecular weight is 227 g/mol. The van der Waals surface area contributed by atoms with E-state index in [0.29, 0.717) is 12.1 Å². The fraction of sp³-hybridized carbons (Fsp3) is 0.750. The predicted octanol–water partition coefficient (Wildman–Crippen LogP) is 1.25. The van der Waals surface area contributed by atoms with Crippen molar-refractivity contribution in [3.05, 3.63) is 11.6 Å². The fourth-order valence-corrected chi connectivity index (χ4v) is 1.86. The molecule has 1 aliphatic heterocycles. The molecule has 0 saturated carbocycles. The topological polar surface area (TPSA) is 60.8 Å². The van der Waals surface area contributed by atoms with Crippen LogP contribution >= 0.6 is 0 Å². The molecule has 2 N–H and O–H groups in total. The van der Waals surface area contributed by atoms with E-state index in [0.717, 1.165) is 32.4 Å². The number of carboxylic acid groups (broad SMARTS) is 1. The zero-order valence-corrected chi connectivity index (χ0v) is 10.1. The first-order valence-electron chi connectivity index (χ1n) is 5.75. The maximum absolute atomic E-state index is 10.6. The summed E-state index contributed by atoms with van der Waals surface area (Å²) in [6, 6.07) is 0. The Hall–Kier alpha value is -0.870. The van der Waals surface area contributed by atoms with Crippen molar-refractivity contribution in [2.24, 2.45) is 0 Å². The molecule has 16 heavy (non-hydrogen) atoms. The summed E-state index contributed by atoms with van der Waals surface area (Å²) >= 11 is 0. The second-order valence-corrected chi connectivity index (χ2v) is 4.84. The number of hydrogen-bond donors (Lipinski definition) is 2. The first-order valence-corrected chi connectivity index (χ1v) is 5.75. The minimum absolute atomic E-state index is 0.385. The van der Waals surface area contributed by atoms with Crippen molar-refractivity contribution < 1.29 is 15.0 Å². The number of likely N-dealkylation sites (tertiary alicyclic amines) is 1. The van der Waals surface area contributed by atoms with Gasteiger partial charge in [-0.25, -0.2) is 4.79 Å². The van der Waals surface area contributed by atoms with Gasteiger partial charge in [-0.2, -0.15) is 0 Å². The molecule has 1 atom stereocenters. The normalized spacial score (nSPS) is 28.8.